The molecule has 1 aliphatic carbocycles. The van der Waals surface area contributed by atoms with Crippen LogP contribution in [0.25, 0.3) is 76.5 Å². The topological polar surface area (TPSA) is 17.8 Å². The molecule has 2 nitrogen and oxygen atoms in total. The molecule has 0 amide bonds. The number of para-hydroxylation sites is 2. The Labute approximate surface area is 298 Å². The molecule has 2 heterocycles. The standard InChI is InChI=1S/C49H38N2/c1-49(2,3)37-26-34-19-22-40-42(32-17-15-31(16-18-32)36-10-9-25-50-30-36)29-43(41-23-20-35(27-37)47(34)48(40)41)33-21-24-46-44(28-33)39-13-7-8-14-45(39)51(46)38-11-5-4-6-12-38/h4-17,19-30,32H,18H2,1-3H3. The summed E-state index contributed by atoms with van der Waals surface area (Å²) in [6.07, 6.45) is 11.8. The van der Waals surface area contributed by atoms with Crippen molar-refractivity contribution in [1.29, 1.82) is 0 Å². The quantitative estimate of drug-likeness (QED) is 0.173. The van der Waals surface area contributed by atoms with Gasteiger partial charge < -0.3 is 4.57 Å². The second-order valence-electron chi connectivity index (χ2n) is 15.2. The van der Waals surface area contributed by atoms with Gasteiger partial charge in [0, 0.05) is 34.8 Å². The van der Waals surface area contributed by atoms with E-state index >= 15 is 0 Å². The lowest BCUT2D eigenvalue weighted by Gasteiger charge is -2.24. The number of rotatable bonds is 4. The lowest BCUT2D eigenvalue weighted by atomic mass is 9.79. The summed E-state index contributed by atoms with van der Waals surface area (Å²) < 4.78 is 2.40. The Bertz CT molecular complexity index is 2830. The second-order valence-corrected chi connectivity index (χ2v) is 15.2. The van der Waals surface area contributed by atoms with E-state index in [0.717, 1.165) is 6.42 Å². The van der Waals surface area contributed by atoms with Crippen LogP contribution >= 0.6 is 0 Å². The zero-order valence-corrected chi connectivity index (χ0v) is 29.2. The number of nitrogens with zero attached hydrogens (tertiary/aromatic N) is 2. The molecule has 0 fully saturated rings. The van der Waals surface area contributed by atoms with Crippen LogP contribution in [0.2, 0.25) is 0 Å². The summed E-state index contributed by atoms with van der Waals surface area (Å²) in [6.45, 7) is 6.93. The number of hydrogen-bond donors (Lipinski definition) is 0. The van der Waals surface area contributed by atoms with Gasteiger partial charge in [-0.25, -0.2) is 0 Å². The monoisotopic (exact) mass is 654 g/mol. The van der Waals surface area contributed by atoms with Gasteiger partial charge in [-0.1, -0.05) is 124 Å². The van der Waals surface area contributed by atoms with Crippen LogP contribution in [-0.2, 0) is 5.41 Å². The predicted molar refractivity (Wildman–Crippen MR) is 217 cm³/mol. The number of aromatic nitrogens is 2. The number of fused-ring (bicyclic) bond motifs is 3. The maximum absolute atomic E-state index is 4.37. The predicted octanol–water partition coefficient (Wildman–Crippen LogP) is 13.2. The van der Waals surface area contributed by atoms with E-state index in [1.165, 1.54) is 93.2 Å². The number of benzene rings is 7. The second kappa shape index (κ2) is 11.3. The molecule has 2 aromatic heterocycles. The minimum atomic E-state index is 0.0698. The van der Waals surface area contributed by atoms with Gasteiger partial charge in [-0.2, -0.15) is 0 Å². The first-order valence-electron chi connectivity index (χ1n) is 18.1. The molecule has 0 saturated heterocycles. The van der Waals surface area contributed by atoms with Crippen LogP contribution in [0.4, 0.5) is 0 Å². The molecule has 1 unspecified atom stereocenters. The zero-order chi connectivity index (χ0) is 34.3. The molecule has 0 spiro atoms. The summed E-state index contributed by atoms with van der Waals surface area (Å²) in [5, 5.41) is 10.6. The molecular weight excluding hydrogens is 617 g/mol. The van der Waals surface area contributed by atoms with Crippen molar-refractivity contribution in [3.05, 3.63) is 175 Å². The van der Waals surface area contributed by atoms with Crippen molar-refractivity contribution < 1.29 is 0 Å². The van der Waals surface area contributed by atoms with Gasteiger partial charge in [0.2, 0.25) is 0 Å². The Morgan fingerprint density at radius 3 is 2.14 bits per heavy atom. The molecule has 0 bridgehead atoms. The average Bonchev–Trinajstić information content (AvgIpc) is 3.50. The minimum Gasteiger partial charge on any atom is -0.309 e. The van der Waals surface area contributed by atoms with Crippen molar-refractivity contribution in [3.8, 4) is 16.8 Å². The fraction of sp³-hybridized carbons (Fsp3) is 0.122. The van der Waals surface area contributed by atoms with E-state index in [1.807, 2.05) is 18.5 Å². The Balaban J connectivity index is 1.23. The summed E-state index contributed by atoms with van der Waals surface area (Å²) >= 11 is 0. The first kappa shape index (κ1) is 29.9. The van der Waals surface area contributed by atoms with Crippen molar-refractivity contribution >= 4 is 59.7 Å². The van der Waals surface area contributed by atoms with Crippen LogP contribution in [0, 0.1) is 0 Å². The van der Waals surface area contributed by atoms with E-state index < -0.39 is 0 Å². The molecule has 51 heavy (non-hydrogen) atoms. The normalized spacial score (nSPS) is 15.1. The highest BCUT2D eigenvalue weighted by molar-refractivity contribution is 6.26. The maximum atomic E-state index is 4.37. The number of hydrogen-bond acceptors (Lipinski definition) is 1. The van der Waals surface area contributed by atoms with E-state index in [2.05, 4.69) is 170 Å². The Morgan fingerprint density at radius 2 is 1.39 bits per heavy atom. The molecule has 10 rings (SSSR count). The maximum Gasteiger partial charge on any atom is 0.0541 e. The van der Waals surface area contributed by atoms with E-state index in [9.17, 15) is 0 Å². The fourth-order valence-corrected chi connectivity index (χ4v) is 8.52. The minimum absolute atomic E-state index is 0.0698. The molecule has 9 aromatic rings. The summed E-state index contributed by atoms with van der Waals surface area (Å²) in [6, 6.07) is 47.6. The van der Waals surface area contributed by atoms with E-state index in [4.69, 9.17) is 0 Å². The van der Waals surface area contributed by atoms with Gasteiger partial charge in [-0.3, -0.25) is 4.98 Å². The van der Waals surface area contributed by atoms with Gasteiger partial charge in [0.25, 0.3) is 0 Å². The molecule has 0 saturated carbocycles. The van der Waals surface area contributed by atoms with Gasteiger partial charge in [0.1, 0.15) is 0 Å². The van der Waals surface area contributed by atoms with Gasteiger partial charge in [-0.15, -0.1) is 0 Å². The van der Waals surface area contributed by atoms with Crippen LogP contribution in [0.3, 0.4) is 0 Å². The molecule has 7 aromatic carbocycles. The van der Waals surface area contributed by atoms with E-state index in [-0.39, 0.29) is 11.3 Å². The van der Waals surface area contributed by atoms with Crippen LogP contribution in [0.5, 0.6) is 0 Å². The Morgan fingerprint density at radius 1 is 0.627 bits per heavy atom. The Hall–Kier alpha value is -5.99. The van der Waals surface area contributed by atoms with Crippen molar-refractivity contribution in [2.45, 2.75) is 38.5 Å². The molecule has 1 aliphatic rings. The third-order valence-electron chi connectivity index (χ3n) is 11.1. The molecule has 1 atom stereocenters. The van der Waals surface area contributed by atoms with Crippen molar-refractivity contribution in [2.75, 3.05) is 0 Å². The molecule has 0 N–H and O–H groups in total. The summed E-state index contributed by atoms with van der Waals surface area (Å²) in [5.41, 5.74) is 11.4. The van der Waals surface area contributed by atoms with Crippen LogP contribution in [0.15, 0.2) is 158 Å². The zero-order valence-electron chi connectivity index (χ0n) is 29.2. The first-order valence-corrected chi connectivity index (χ1v) is 18.1. The van der Waals surface area contributed by atoms with Crippen LogP contribution in [-0.4, -0.2) is 9.55 Å². The lowest BCUT2D eigenvalue weighted by Crippen LogP contribution is -2.11. The highest BCUT2D eigenvalue weighted by Crippen LogP contribution is 2.46. The third kappa shape index (κ3) is 4.74. The summed E-state index contributed by atoms with van der Waals surface area (Å²) in [5.74, 6) is 0.266. The van der Waals surface area contributed by atoms with Crippen LogP contribution < -0.4 is 0 Å². The lowest BCUT2D eigenvalue weighted by molar-refractivity contribution is 0.591. The largest absolute Gasteiger partial charge is 0.309 e. The molecular formula is C49H38N2. The van der Waals surface area contributed by atoms with E-state index in [0.29, 0.717) is 0 Å². The SMILES string of the molecule is CC(C)(C)c1cc2ccc3c(-c4ccc5c(c4)c4ccccc4n5-c4ccccc4)cc(C4C=CC(c5cccnc5)=CC4)c4ccc(c1)c2c34. The smallest absolute Gasteiger partial charge is 0.0541 e. The number of allylic oxidation sites excluding steroid dienone is 4. The Kier molecular flexibility index (Phi) is 6.60. The fourth-order valence-electron chi connectivity index (χ4n) is 8.52. The number of pyridine rings is 1. The highest BCUT2D eigenvalue weighted by Gasteiger charge is 2.23. The molecule has 244 valence electrons. The van der Waals surface area contributed by atoms with Crippen molar-refractivity contribution in [1.82, 2.24) is 9.55 Å². The first-order chi connectivity index (χ1) is 24.9. The van der Waals surface area contributed by atoms with Gasteiger partial charge in [0.15, 0.2) is 0 Å². The van der Waals surface area contributed by atoms with Crippen molar-refractivity contribution in [3.63, 3.8) is 0 Å². The van der Waals surface area contributed by atoms with Gasteiger partial charge in [0.05, 0.1) is 11.0 Å². The molecule has 0 aliphatic heterocycles. The van der Waals surface area contributed by atoms with Crippen LogP contribution in [0.1, 0.15) is 49.8 Å². The molecule has 2 heteroatoms. The average molecular weight is 655 g/mol. The van der Waals surface area contributed by atoms with Crippen molar-refractivity contribution in [2.24, 2.45) is 0 Å². The van der Waals surface area contributed by atoms with E-state index in [1.54, 1.807) is 0 Å². The summed E-state index contributed by atoms with van der Waals surface area (Å²) in [7, 11) is 0. The molecule has 0 radical (unpaired) electrons. The summed E-state index contributed by atoms with van der Waals surface area (Å²) in [4.78, 5) is 4.37. The highest BCUT2D eigenvalue weighted by atomic mass is 15.0. The van der Waals surface area contributed by atoms with Gasteiger partial charge in [-0.05, 0) is 120 Å². The van der Waals surface area contributed by atoms with Gasteiger partial charge >= 0.3 is 0 Å². The third-order valence-corrected chi connectivity index (χ3v) is 11.1.